The molecule has 1 aromatic carbocycles. The minimum absolute atomic E-state index is 0.0281. The number of morpholine rings is 1. The smallest absolute Gasteiger partial charge is 0.234 e. The molecule has 2 atom stereocenters. The summed E-state index contributed by atoms with van der Waals surface area (Å²) in [7, 11) is -3.50. The first-order chi connectivity index (χ1) is 13.8. The lowest BCUT2D eigenvalue weighted by Gasteiger charge is -2.35. The monoisotopic (exact) mass is 438 g/mol. The lowest BCUT2D eigenvalue weighted by molar-refractivity contribution is -0.130. The molecule has 0 spiro atoms. The molecule has 0 saturated carbocycles. The first-order valence-electron chi connectivity index (χ1n) is 9.24. The zero-order valence-electron chi connectivity index (χ0n) is 16.0. The van der Waals surface area contributed by atoms with E-state index in [2.05, 4.69) is 10.2 Å². The number of amides is 1. The van der Waals surface area contributed by atoms with E-state index in [1.165, 1.54) is 12.2 Å². The molecule has 2 aliphatic rings. The fraction of sp³-hybridized carbons (Fsp3) is 0.400. The number of nitrogens with zero attached hydrogens (tertiary/aromatic N) is 1. The Kier molecular flexibility index (Phi) is 6.89. The van der Waals surface area contributed by atoms with E-state index < -0.39 is 27.4 Å². The predicted octanol–water partition coefficient (Wildman–Crippen LogP) is 1.51. The number of carbonyl (C=O) groups is 2. The number of halogens is 1. The van der Waals surface area contributed by atoms with Crippen LogP contribution < -0.4 is 5.32 Å². The third-order valence-electron chi connectivity index (χ3n) is 4.97. The summed E-state index contributed by atoms with van der Waals surface area (Å²) in [5.74, 6) is -2.11. The Hall–Kier alpha value is -2.00. The fourth-order valence-corrected chi connectivity index (χ4v) is 4.19. The van der Waals surface area contributed by atoms with Gasteiger partial charge in [0, 0.05) is 30.9 Å². The standard InChI is InChI=1S/C20H23ClN2O5S/c1-29(26,27)16-6-7-19(24)17(12-16)20(25)22-13-18(23-8-10-28-11-9-23)14-2-4-15(21)5-3-14/h2-7,12,17-18H,8-11,13H2,1H3,(H,22,25). The highest BCUT2D eigenvalue weighted by atomic mass is 35.5. The third kappa shape index (κ3) is 5.54. The highest BCUT2D eigenvalue weighted by Crippen LogP contribution is 2.24. The van der Waals surface area contributed by atoms with E-state index in [1.807, 2.05) is 12.1 Å². The van der Waals surface area contributed by atoms with Crippen molar-refractivity contribution < 1.29 is 22.7 Å². The van der Waals surface area contributed by atoms with E-state index in [9.17, 15) is 18.0 Å². The Morgan fingerprint density at radius 1 is 1.24 bits per heavy atom. The van der Waals surface area contributed by atoms with Gasteiger partial charge in [-0.15, -0.1) is 0 Å². The molecule has 1 aliphatic carbocycles. The van der Waals surface area contributed by atoms with Gasteiger partial charge in [-0.3, -0.25) is 14.5 Å². The van der Waals surface area contributed by atoms with Crippen molar-refractivity contribution in [2.45, 2.75) is 6.04 Å². The maximum atomic E-state index is 12.7. The minimum atomic E-state index is -3.50. The molecule has 1 amide bonds. The van der Waals surface area contributed by atoms with Crippen molar-refractivity contribution in [2.75, 3.05) is 39.1 Å². The van der Waals surface area contributed by atoms with Crippen molar-refractivity contribution in [2.24, 2.45) is 5.92 Å². The van der Waals surface area contributed by atoms with Crippen molar-refractivity contribution in [1.29, 1.82) is 0 Å². The van der Waals surface area contributed by atoms with E-state index >= 15 is 0 Å². The molecule has 0 bridgehead atoms. The Balaban J connectivity index is 1.75. The van der Waals surface area contributed by atoms with Crippen molar-refractivity contribution in [3.63, 3.8) is 0 Å². The molecule has 9 heteroatoms. The molecule has 156 valence electrons. The van der Waals surface area contributed by atoms with E-state index in [-0.39, 0.29) is 17.5 Å². The van der Waals surface area contributed by atoms with Crippen LogP contribution in [0.2, 0.25) is 5.02 Å². The summed E-state index contributed by atoms with van der Waals surface area (Å²) in [4.78, 5) is 27.0. The number of benzene rings is 1. The maximum Gasteiger partial charge on any atom is 0.234 e. The quantitative estimate of drug-likeness (QED) is 0.677. The minimum Gasteiger partial charge on any atom is -0.379 e. The maximum absolute atomic E-state index is 12.7. The van der Waals surface area contributed by atoms with Gasteiger partial charge in [-0.05, 0) is 35.9 Å². The largest absolute Gasteiger partial charge is 0.379 e. The summed E-state index contributed by atoms with van der Waals surface area (Å²) in [6, 6.07) is 7.29. The third-order valence-corrected chi connectivity index (χ3v) is 6.35. The van der Waals surface area contributed by atoms with Gasteiger partial charge < -0.3 is 10.1 Å². The van der Waals surface area contributed by atoms with E-state index in [0.717, 1.165) is 17.9 Å². The number of hydrogen-bond acceptors (Lipinski definition) is 6. The number of nitrogens with one attached hydrogen (secondary N) is 1. The van der Waals surface area contributed by atoms with Gasteiger partial charge in [-0.2, -0.15) is 0 Å². The normalized spacial score (nSPS) is 21.5. The molecular weight excluding hydrogens is 416 g/mol. The molecule has 3 rings (SSSR count). The number of rotatable bonds is 6. The van der Waals surface area contributed by atoms with Crippen LogP contribution in [-0.4, -0.2) is 64.1 Å². The Labute approximate surface area is 175 Å². The molecule has 1 N–H and O–H groups in total. The summed E-state index contributed by atoms with van der Waals surface area (Å²) in [5.41, 5.74) is 0.985. The molecule has 1 saturated heterocycles. The lowest BCUT2D eigenvalue weighted by atomic mass is 9.97. The molecule has 1 aliphatic heterocycles. The number of ketones is 1. The van der Waals surface area contributed by atoms with Crippen LogP contribution in [0.3, 0.4) is 0 Å². The van der Waals surface area contributed by atoms with Crippen molar-refractivity contribution >= 4 is 33.1 Å². The molecular formula is C20H23ClN2O5S. The van der Waals surface area contributed by atoms with Crippen LogP contribution in [0.5, 0.6) is 0 Å². The Morgan fingerprint density at radius 3 is 2.52 bits per heavy atom. The summed E-state index contributed by atoms with van der Waals surface area (Å²) >= 11 is 5.99. The molecule has 0 radical (unpaired) electrons. The van der Waals surface area contributed by atoms with Gasteiger partial charge in [0.25, 0.3) is 0 Å². The number of hydrogen-bond donors (Lipinski definition) is 1. The highest BCUT2D eigenvalue weighted by Gasteiger charge is 2.30. The number of ether oxygens (including phenoxy) is 1. The van der Waals surface area contributed by atoms with Gasteiger partial charge in [-0.25, -0.2) is 8.42 Å². The Bertz CT molecular complexity index is 934. The van der Waals surface area contributed by atoms with Crippen LogP contribution in [0, 0.1) is 5.92 Å². The summed E-state index contributed by atoms with van der Waals surface area (Å²) in [6.45, 7) is 2.91. The van der Waals surface area contributed by atoms with Gasteiger partial charge in [0.15, 0.2) is 15.6 Å². The van der Waals surface area contributed by atoms with Gasteiger partial charge >= 0.3 is 0 Å². The molecule has 2 unspecified atom stereocenters. The summed E-state index contributed by atoms with van der Waals surface area (Å²) in [5, 5.41) is 3.44. The molecule has 0 aromatic heterocycles. The molecule has 7 nitrogen and oxygen atoms in total. The topological polar surface area (TPSA) is 92.8 Å². The van der Waals surface area contributed by atoms with Gasteiger partial charge in [0.1, 0.15) is 5.92 Å². The number of sulfone groups is 1. The van der Waals surface area contributed by atoms with Crippen LogP contribution >= 0.6 is 11.6 Å². The van der Waals surface area contributed by atoms with Crippen LogP contribution in [0.15, 0.2) is 47.4 Å². The number of allylic oxidation sites excluding steroid dienone is 2. The summed E-state index contributed by atoms with van der Waals surface area (Å²) < 4.78 is 28.9. The highest BCUT2D eigenvalue weighted by molar-refractivity contribution is 7.94. The van der Waals surface area contributed by atoms with E-state index in [0.29, 0.717) is 31.3 Å². The lowest BCUT2D eigenvalue weighted by Crippen LogP contribution is -2.45. The summed E-state index contributed by atoms with van der Waals surface area (Å²) in [6.07, 6.45) is 4.62. The zero-order valence-corrected chi connectivity index (χ0v) is 17.6. The zero-order chi connectivity index (χ0) is 21.0. The second-order valence-electron chi connectivity index (χ2n) is 7.02. The fourth-order valence-electron chi connectivity index (χ4n) is 3.36. The first kappa shape index (κ1) is 21.7. The van der Waals surface area contributed by atoms with Crippen LogP contribution in [0.4, 0.5) is 0 Å². The predicted molar refractivity (Wildman–Crippen MR) is 110 cm³/mol. The van der Waals surface area contributed by atoms with Gasteiger partial charge in [-0.1, -0.05) is 23.7 Å². The molecule has 1 fully saturated rings. The van der Waals surface area contributed by atoms with Crippen molar-refractivity contribution in [3.8, 4) is 0 Å². The first-order valence-corrected chi connectivity index (χ1v) is 11.5. The van der Waals surface area contributed by atoms with Gasteiger partial charge in [0.05, 0.1) is 24.2 Å². The van der Waals surface area contributed by atoms with Crippen LogP contribution in [0.1, 0.15) is 11.6 Å². The second kappa shape index (κ2) is 9.21. The molecule has 1 heterocycles. The van der Waals surface area contributed by atoms with Crippen LogP contribution in [-0.2, 0) is 24.2 Å². The molecule has 29 heavy (non-hydrogen) atoms. The molecule has 1 aromatic rings. The van der Waals surface area contributed by atoms with E-state index in [4.69, 9.17) is 16.3 Å². The average Bonchev–Trinajstić information content (AvgIpc) is 2.69. The SMILES string of the molecule is CS(=O)(=O)C1=CC(C(=O)NCC(c2ccc(Cl)cc2)N2CCOCC2)C(=O)C=C1. The second-order valence-corrected chi connectivity index (χ2v) is 9.47. The number of carbonyl (C=O) groups excluding carboxylic acids is 2. The van der Waals surface area contributed by atoms with Crippen molar-refractivity contribution in [1.82, 2.24) is 10.2 Å². The van der Waals surface area contributed by atoms with E-state index in [1.54, 1.807) is 12.1 Å². The van der Waals surface area contributed by atoms with Crippen molar-refractivity contribution in [3.05, 3.63) is 58.0 Å². The van der Waals surface area contributed by atoms with Crippen LogP contribution in [0.25, 0.3) is 0 Å². The van der Waals surface area contributed by atoms with Gasteiger partial charge in [0.2, 0.25) is 5.91 Å². The average molecular weight is 439 g/mol. The Morgan fingerprint density at radius 2 is 1.90 bits per heavy atom.